The lowest BCUT2D eigenvalue weighted by atomic mass is 10.2. The molecule has 0 aromatic heterocycles. The van der Waals surface area contributed by atoms with E-state index in [9.17, 15) is 9.59 Å². The molecule has 16 heavy (non-hydrogen) atoms. The van der Waals surface area contributed by atoms with Crippen molar-refractivity contribution in [3.63, 3.8) is 0 Å². The molecule has 5 heteroatoms. The average molecular weight is 345 g/mol. The maximum Gasteiger partial charge on any atom is 0.293 e. The van der Waals surface area contributed by atoms with Crippen molar-refractivity contribution in [1.29, 1.82) is 0 Å². The van der Waals surface area contributed by atoms with Crippen LogP contribution in [0.3, 0.4) is 0 Å². The molecule has 82 valence electrons. The smallest absolute Gasteiger partial charge is 0.272 e. The Morgan fingerprint density at radius 2 is 2.00 bits per heavy atom. The zero-order valence-electron chi connectivity index (χ0n) is 8.44. The molecule has 2 amide bonds. The van der Waals surface area contributed by atoms with Gasteiger partial charge in [0.05, 0.1) is 4.91 Å². The number of imide groups is 1. The number of hydrogen-bond donors (Lipinski definition) is 0. The molecule has 0 radical (unpaired) electrons. The van der Waals surface area contributed by atoms with Crippen molar-refractivity contribution in [3.05, 3.63) is 38.3 Å². The van der Waals surface area contributed by atoms with E-state index in [1.165, 1.54) is 7.05 Å². The molecule has 1 saturated heterocycles. The summed E-state index contributed by atoms with van der Waals surface area (Å²) < 4.78 is 1.06. The van der Waals surface area contributed by atoms with Crippen LogP contribution in [0.4, 0.5) is 4.79 Å². The van der Waals surface area contributed by atoms with E-state index in [-0.39, 0.29) is 11.1 Å². The van der Waals surface area contributed by atoms with Gasteiger partial charge in [0.2, 0.25) is 0 Å². The minimum Gasteiger partial charge on any atom is -0.272 e. The summed E-state index contributed by atoms with van der Waals surface area (Å²) in [5, 5.41) is -0.220. The minimum atomic E-state index is -0.227. The molecule has 1 fully saturated rings. The maximum absolute atomic E-state index is 11.6. The summed E-state index contributed by atoms with van der Waals surface area (Å²) in [6.45, 7) is 0. The molecule has 0 bridgehead atoms. The van der Waals surface area contributed by atoms with Crippen molar-refractivity contribution in [2.24, 2.45) is 0 Å². The van der Waals surface area contributed by atoms with Crippen LogP contribution in [0, 0.1) is 3.57 Å². The van der Waals surface area contributed by atoms with Crippen LogP contribution in [0.5, 0.6) is 0 Å². The molecular formula is C11H8INO2S. The third kappa shape index (κ3) is 2.15. The first-order chi connectivity index (χ1) is 7.59. The molecule has 1 aliphatic rings. The van der Waals surface area contributed by atoms with E-state index in [0.717, 1.165) is 25.8 Å². The summed E-state index contributed by atoms with van der Waals surface area (Å²) >= 11 is 3.18. The van der Waals surface area contributed by atoms with Crippen LogP contribution >= 0.6 is 34.4 Å². The topological polar surface area (TPSA) is 37.4 Å². The molecule has 2 rings (SSSR count). The van der Waals surface area contributed by atoms with Crippen molar-refractivity contribution in [2.75, 3.05) is 7.05 Å². The van der Waals surface area contributed by atoms with Crippen LogP contribution in [0.2, 0.25) is 0 Å². The number of thioether (sulfide) groups is 1. The minimum absolute atomic E-state index is 0.220. The van der Waals surface area contributed by atoms with Gasteiger partial charge in [-0.3, -0.25) is 14.5 Å². The Bertz CT molecular complexity index is 499. The fraction of sp³-hybridized carbons (Fsp3) is 0.0909. The van der Waals surface area contributed by atoms with E-state index in [2.05, 4.69) is 22.6 Å². The number of likely N-dealkylation sites (N-methyl/N-ethyl adjacent to an activating group) is 1. The van der Waals surface area contributed by atoms with Crippen molar-refractivity contribution in [3.8, 4) is 0 Å². The summed E-state index contributed by atoms with van der Waals surface area (Å²) in [5.74, 6) is -0.227. The number of halogens is 1. The second-order valence-corrected chi connectivity index (χ2v) is 5.42. The summed E-state index contributed by atoms with van der Waals surface area (Å²) in [4.78, 5) is 24.6. The zero-order valence-corrected chi connectivity index (χ0v) is 11.4. The van der Waals surface area contributed by atoms with Gasteiger partial charge in [0, 0.05) is 10.6 Å². The first-order valence-electron chi connectivity index (χ1n) is 4.55. The molecule has 0 N–H and O–H groups in total. The Morgan fingerprint density at radius 3 is 2.56 bits per heavy atom. The Labute approximate surface area is 111 Å². The maximum atomic E-state index is 11.6. The van der Waals surface area contributed by atoms with Gasteiger partial charge in [-0.2, -0.15) is 0 Å². The number of hydrogen-bond acceptors (Lipinski definition) is 3. The van der Waals surface area contributed by atoms with Crippen molar-refractivity contribution < 1.29 is 9.59 Å². The lowest BCUT2D eigenvalue weighted by Gasteiger charge is -2.01. The first-order valence-corrected chi connectivity index (χ1v) is 6.45. The van der Waals surface area contributed by atoms with E-state index < -0.39 is 0 Å². The normalized spacial score (nSPS) is 18.6. The Balaban J connectivity index is 2.37. The molecule has 1 aromatic carbocycles. The van der Waals surface area contributed by atoms with Crippen molar-refractivity contribution >= 4 is 51.6 Å². The predicted molar refractivity (Wildman–Crippen MR) is 72.9 cm³/mol. The number of carbonyl (C=O) groups excluding carboxylic acids is 2. The van der Waals surface area contributed by atoms with E-state index in [1.807, 2.05) is 24.3 Å². The Kier molecular flexibility index (Phi) is 3.34. The molecule has 3 nitrogen and oxygen atoms in total. The highest BCUT2D eigenvalue weighted by molar-refractivity contribution is 14.1. The van der Waals surface area contributed by atoms with Gasteiger partial charge < -0.3 is 0 Å². The lowest BCUT2D eigenvalue weighted by Crippen LogP contribution is -2.22. The summed E-state index contributed by atoms with van der Waals surface area (Å²) in [5.41, 5.74) is 0.960. The van der Waals surface area contributed by atoms with Crippen molar-refractivity contribution in [1.82, 2.24) is 4.90 Å². The second-order valence-electron chi connectivity index (χ2n) is 3.26. The van der Waals surface area contributed by atoms with Gasteiger partial charge in [0.25, 0.3) is 11.1 Å². The van der Waals surface area contributed by atoms with Crippen LogP contribution < -0.4 is 0 Å². The Morgan fingerprint density at radius 1 is 1.31 bits per heavy atom. The zero-order chi connectivity index (χ0) is 11.7. The van der Waals surface area contributed by atoms with Crippen LogP contribution in [0.1, 0.15) is 5.56 Å². The van der Waals surface area contributed by atoms with Crippen LogP contribution in [-0.4, -0.2) is 23.1 Å². The summed E-state index contributed by atoms with van der Waals surface area (Å²) in [7, 11) is 1.49. The van der Waals surface area contributed by atoms with E-state index in [4.69, 9.17) is 0 Å². The molecule has 0 unspecified atom stereocenters. The standard InChI is InChI=1S/C11H8INO2S/c1-13-10(14)9(16-11(13)15)6-7-4-2-3-5-8(7)12/h2-6H,1H3/b9-6+. The van der Waals surface area contributed by atoms with E-state index in [1.54, 1.807) is 6.08 Å². The highest BCUT2D eigenvalue weighted by Gasteiger charge is 2.31. The molecule has 1 heterocycles. The molecule has 0 spiro atoms. The molecule has 0 aliphatic carbocycles. The van der Waals surface area contributed by atoms with Gasteiger partial charge in [0.15, 0.2) is 0 Å². The largest absolute Gasteiger partial charge is 0.293 e. The van der Waals surface area contributed by atoms with Gasteiger partial charge in [0.1, 0.15) is 0 Å². The molecule has 1 aromatic rings. The lowest BCUT2D eigenvalue weighted by molar-refractivity contribution is -0.121. The Hall–Kier alpha value is -0.820. The molecular weight excluding hydrogens is 337 g/mol. The molecule has 0 saturated carbocycles. The average Bonchev–Trinajstić information content (AvgIpc) is 2.50. The number of nitrogens with zero attached hydrogens (tertiary/aromatic N) is 1. The fourth-order valence-electron chi connectivity index (χ4n) is 1.28. The van der Waals surface area contributed by atoms with Gasteiger partial charge in [-0.1, -0.05) is 18.2 Å². The summed E-state index contributed by atoms with van der Waals surface area (Å²) in [6, 6.07) is 7.73. The van der Waals surface area contributed by atoms with E-state index >= 15 is 0 Å². The number of benzene rings is 1. The highest BCUT2D eigenvalue weighted by atomic mass is 127. The quantitative estimate of drug-likeness (QED) is 0.580. The predicted octanol–water partition coefficient (Wildman–Crippen LogP) is 2.96. The third-order valence-corrected chi connectivity index (χ3v) is 4.12. The number of rotatable bonds is 1. The van der Waals surface area contributed by atoms with Gasteiger partial charge in [-0.25, -0.2) is 0 Å². The number of carbonyl (C=O) groups is 2. The van der Waals surface area contributed by atoms with Gasteiger partial charge in [-0.15, -0.1) is 0 Å². The first kappa shape index (κ1) is 11.7. The van der Waals surface area contributed by atoms with Gasteiger partial charge >= 0.3 is 0 Å². The van der Waals surface area contributed by atoms with Gasteiger partial charge in [-0.05, 0) is 52.1 Å². The summed E-state index contributed by atoms with van der Waals surface area (Å²) in [6.07, 6.45) is 1.76. The monoisotopic (exact) mass is 345 g/mol. The number of amides is 2. The highest BCUT2D eigenvalue weighted by Crippen LogP contribution is 2.31. The van der Waals surface area contributed by atoms with Crippen molar-refractivity contribution in [2.45, 2.75) is 0 Å². The van der Waals surface area contributed by atoms with Crippen LogP contribution in [0.25, 0.3) is 6.08 Å². The third-order valence-electron chi connectivity index (χ3n) is 2.18. The molecule has 0 atom stereocenters. The SMILES string of the molecule is CN1C(=O)S/C(=C/c2ccccc2I)C1=O. The van der Waals surface area contributed by atoms with Crippen LogP contribution in [-0.2, 0) is 4.79 Å². The fourth-order valence-corrected chi connectivity index (χ4v) is 2.64. The van der Waals surface area contributed by atoms with Crippen LogP contribution in [0.15, 0.2) is 29.2 Å². The second kappa shape index (κ2) is 4.58. The molecule has 1 aliphatic heterocycles. The van der Waals surface area contributed by atoms with E-state index in [0.29, 0.717) is 4.91 Å².